The second kappa shape index (κ2) is 7.43. The van der Waals surface area contributed by atoms with Gasteiger partial charge < -0.3 is 5.32 Å². The molecule has 0 spiro atoms. The van der Waals surface area contributed by atoms with Crippen LogP contribution in [0.4, 0.5) is 0 Å². The molecule has 1 aliphatic rings. The predicted molar refractivity (Wildman–Crippen MR) is 61.6 cm³/mol. The van der Waals surface area contributed by atoms with E-state index < -0.39 is 5.91 Å². The van der Waals surface area contributed by atoms with E-state index >= 15 is 0 Å². The zero-order chi connectivity index (χ0) is 11.8. The fourth-order valence-electron chi connectivity index (χ4n) is 0.654. The first kappa shape index (κ1) is 14.1. The summed E-state index contributed by atoms with van der Waals surface area (Å²) >= 11 is 0. The molecule has 3 heteroatoms. The molecule has 0 aliphatic heterocycles. The van der Waals surface area contributed by atoms with Gasteiger partial charge in [-0.1, -0.05) is 34.1 Å². The van der Waals surface area contributed by atoms with E-state index in [9.17, 15) is 9.59 Å². The molecule has 0 bridgehead atoms. The molecule has 15 heavy (non-hydrogen) atoms. The van der Waals surface area contributed by atoms with Crippen LogP contribution in [0.5, 0.6) is 0 Å². The Kier molecular flexibility index (Phi) is 7.01. The highest BCUT2D eigenvalue weighted by Gasteiger charge is 2.25. The molecule has 0 aromatic heterocycles. The Balaban J connectivity index is 0.000000336. The van der Waals surface area contributed by atoms with Gasteiger partial charge in [0.15, 0.2) is 0 Å². The van der Waals surface area contributed by atoms with Crippen LogP contribution in [0.15, 0.2) is 0 Å². The Morgan fingerprint density at radius 2 is 1.73 bits per heavy atom. The first-order valence-electron chi connectivity index (χ1n) is 5.84. The molecule has 0 unspecified atom stereocenters. The fraction of sp³-hybridized carbons (Fsp3) is 0.833. The van der Waals surface area contributed by atoms with Gasteiger partial charge in [-0.25, -0.2) is 0 Å². The van der Waals surface area contributed by atoms with Gasteiger partial charge >= 0.3 is 0 Å². The maximum absolute atomic E-state index is 10.8. The third kappa shape index (κ3) is 8.16. The van der Waals surface area contributed by atoms with Gasteiger partial charge in [0.2, 0.25) is 5.78 Å². The SMILES string of the molecule is CCC(=O)C(=O)NC1CC1.CCC(C)C. The molecule has 1 aliphatic carbocycles. The Labute approximate surface area is 92.6 Å². The third-order valence-electron chi connectivity index (χ3n) is 2.30. The van der Waals surface area contributed by atoms with Gasteiger partial charge in [0.25, 0.3) is 5.91 Å². The van der Waals surface area contributed by atoms with Crippen molar-refractivity contribution in [1.29, 1.82) is 0 Å². The van der Waals surface area contributed by atoms with E-state index in [-0.39, 0.29) is 5.78 Å². The molecule has 0 atom stereocenters. The van der Waals surface area contributed by atoms with Gasteiger partial charge in [0.1, 0.15) is 0 Å². The first-order valence-corrected chi connectivity index (χ1v) is 5.84. The number of rotatable bonds is 4. The third-order valence-corrected chi connectivity index (χ3v) is 2.30. The van der Waals surface area contributed by atoms with E-state index in [1.807, 2.05) is 0 Å². The number of carbonyl (C=O) groups is 2. The average Bonchev–Trinajstić information content (AvgIpc) is 3.01. The molecule has 1 rings (SSSR count). The molecule has 0 aromatic rings. The van der Waals surface area contributed by atoms with E-state index in [1.165, 1.54) is 6.42 Å². The van der Waals surface area contributed by atoms with Crippen molar-refractivity contribution in [2.45, 2.75) is 59.4 Å². The quantitative estimate of drug-likeness (QED) is 0.728. The first-order chi connectivity index (χ1) is 7.01. The van der Waals surface area contributed by atoms with Crippen molar-refractivity contribution in [3.8, 4) is 0 Å². The highest BCUT2D eigenvalue weighted by Crippen LogP contribution is 2.18. The lowest BCUT2D eigenvalue weighted by atomic mass is 10.2. The fourth-order valence-corrected chi connectivity index (χ4v) is 0.654. The van der Waals surface area contributed by atoms with Gasteiger partial charge in [0, 0.05) is 12.5 Å². The average molecular weight is 213 g/mol. The summed E-state index contributed by atoms with van der Waals surface area (Å²) < 4.78 is 0. The van der Waals surface area contributed by atoms with Crippen molar-refractivity contribution >= 4 is 11.7 Å². The van der Waals surface area contributed by atoms with Crippen LogP contribution in [-0.2, 0) is 9.59 Å². The predicted octanol–water partition coefficient (Wildman–Crippen LogP) is 2.30. The van der Waals surface area contributed by atoms with Crippen LogP contribution in [0.2, 0.25) is 0 Å². The van der Waals surface area contributed by atoms with Crippen LogP contribution in [0.3, 0.4) is 0 Å². The minimum atomic E-state index is -0.412. The summed E-state index contributed by atoms with van der Waals surface area (Å²) in [6.45, 7) is 8.33. The molecule has 0 heterocycles. The summed E-state index contributed by atoms with van der Waals surface area (Å²) in [5.74, 6) is 0.159. The molecule has 1 N–H and O–H groups in total. The minimum Gasteiger partial charge on any atom is -0.347 e. The topological polar surface area (TPSA) is 46.2 Å². The van der Waals surface area contributed by atoms with Crippen molar-refractivity contribution in [2.24, 2.45) is 5.92 Å². The summed E-state index contributed by atoms with van der Waals surface area (Å²) in [6.07, 6.45) is 3.67. The number of Topliss-reactive ketones (excluding diaryl/α,β-unsaturated/α-hetero) is 1. The molecular weight excluding hydrogens is 190 g/mol. The van der Waals surface area contributed by atoms with Gasteiger partial charge in [-0.2, -0.15) is 0 Å². The molecule has 0 aromatic carbocycles. The summed E-state index contributed by atoms with van der Waals surface area (Å²) in [6, 6.07) is 0.294. The van der Waals surface area contributed by atoms with Crippen LogP contribution in [-0.4, -0.2) is 17.7 Å². The molecule has 0 radical (unpaired) electrons. The van der Waals surface area contributed by atoms with Crippen LogP contribution < -0.4 is 5.32 Å². The molecule has 88 valence electrons. The Hall–Kier alpha value is -0.860. The molecule has 1 amide bonds. The van der Waals surface area contributed by atoms with Crippen LogP contribution in [0.1, 0.15) is 53.4 Å². The standard InChI is InChI=1S/C7H11NO2.C5H12/c1-2-6(9)7(10)8-5-3-4-5;1-4-5(2)3/h5H,2-4H2,1H3,(H,8,10);5H,4H2,1-3H3. The van der Waals surface area contributed by atoms with Gasteiger partial charge in [-0.05, 0) is 18.8 Å². The smallest absolute Gasteiger partial charge is 0.287 e. The zero-order valence-corrected chi connectivity index (χ0v) is 10.3. The number of hydrogen-bond donors (Lipinski definition) is 1. The number of ketones is 1. The second-order valence-corrected chi connectivity index (χ2v) is 4.33. The Morgan fingerprint density at radius 1 is 1.27 bits per heavy atom. The number of nitrogens with one attached hydrogen (secondary N) is 1. The second-order valence-electron chi connectivity index (χ2n) is 4.33. The van der Waals surface area contributed by atoms with Crippen molar-refractivity contribution in [1.82, 2.24) is 5.32 Å². The van der Waals surface area contributed by atoms with E-state index in [4.69, 9.17) is 0 Å². The normalized spacial score (nSPS) is 14.2. The van der Waals surface area contributed by atoms with E-state index in [2.05, 4.69) is 26.1 Å². The lowest BCUT2D eigenvalue weighted by Crippen LogP contribution is -2.31. The van der Waals surface area contributed by atoms with Crippen LogP contribution >= 0.6 is 0 Å². The monoisotopic (exact) mass is 213 g/mol. The maximum atomic E-state index is 10.8. The summed E-state index contributed by atoms with van der Waals surface area (Å²) in [7, 11) is 0. The van der Waals surface area contributed by atoms with Crippen molar-refractivity contribution < 1.29 is 9.59 Å². The van der Waals surface area contributed by atoms with Gasteiger partial charge in [-0.3, -0.25) is 9.59 Å². The number of amides is 1. The maximum Gasteiger partial charge on any atom is 0.287 e. The lowest BCUT2D eigenvalue weighted by molar-refractivity contribution is -0.137. The van der Waals surface area contributed by atoms with E-state index in [0.29, 0.717) is 12.5 Å². The highest BCUT2D eigenvalue weighted by atomic mass is 16.2. The largest absolute Gasteiger partial charge is 0.347 e. The molecule has 1 saturated carbocycles. The minimum absolute atomic E-state index is 0.294. The van der Waals surface area contributed by atoms with Crippen molar-refractivity contribution in [3.05, 3.63) is 0 Å². The van der Waals surface area contributed by atoms with Gasteiger partial charge in [-0.15, -0.1) is 0 Å². The van der Waals surface area contributed by atoms with Crippen LogP contribution in [0, 0.1) is 5.92 Å². The summed E-state index contributed by atoms with van der Waals surface area (Å²) in [4.78, 5) is 21.4. The van der Waals surface area contributed by atoms with Crippen LogP contribution in [0.25, 0.3) is 0 Å². The van der Waals surface area contributed by atoms with E-state index in [0.717, 1.165) is 18.8 Å². The Morgan fingerprint density at radius 3 is 2.00 bits per heavy atom. The lowest BCUT2D eigenvalue weighted by Gasteiger charge is -1.97. The summed E-state index contributed by atoms with van der Waals surface area (Å²) in [5, 5.41) is 2.62. The molecule has 3 nitrogen and oxygen atoms in total. The summed E-state index contributed by atoms with van der Waals surface area (Å²) in [5.41, 5.74) is 0. The molecule has 1 fully saturated rings. The Bertz CT molecular complexity index is 208. The number of carbonyl (C=O) groups excluding carboxylic acids is 2. The molecule has 0 saturated heterocycles. The van der Waals surface area contributed by atoms with E-state index in [1.54, 1.807) is 6.92 Å². The van der Waals surface area contributed by atoms with Gasteiger partial charge in [0.05, 0.1) is 0 Å². The number of hydrogen-bond acceptors (Lipinski definition) is 2. The highest BCUT2D eigenvalue weighted by molar-refractivity contribution is 6.36. The molecular formula is C12H23NO2. The van der Waals surface area contributed by atoms with Crippen molar-refractivity contribution in [3.63, 3.8) is 0 Å². The van der Waals surface area contributed by atoms with Crippen molar-refractivity contribution in [2.75, 3.05) is 0 Å². The zero-order valence-electron chi connectivity index (χ0n) is 10.3.